The first-order valence-corrected chi connectivity index (χ1v) is 8.73. The minimum absolute atomic E-state index is 0.00533. The molecule has 0 aromatic carbocycles. The van der Waals surface area contributed by atoms with E-state index in [1.807, 2.05) is 6.07 Å². The lowest BCUT2D eigenvalue weighted by Gasteiger charge is -2.30. The largest absolute Gasteiger partial charge is 0.480 e. The van der Waals surface area contributed by atoms with Gasteiger partial charge in [0.1, 0.15) is 0 Å². The molecular weight excluding hydrogens is 356 g/mol. The molecule has 2 bridgehead atoms. The van der Waals surface area contributed by atoms with Crippen LogP contribution in [0.5, 0.6) is 0 Å². The lowest BCUT2D eigenvalue weighted by molar-refractivity contribution is -0.139. The minimum atomic E-state index is -1.52. The Kier molecular flexibility index (Phi) is 8.07. The molecular formula is C17H26N4O6. The Labute approximate surface area is 157 Å². The number of aliphatic hydroxyl groups is 2. The summed E-state index contributed by atoms with van der Waals surface area (Å²) in [4.78, 5) is 32.1. The van der Waals surface area contributed by atoms with E-state index < -0.39 is 18.2 Å². The van der Waals surface area contributed by atoms with E-state index in [4.69, 9.17) is 10.2 Å². The van der Waals surface area contributed by atoms with Crippen molar-refractivity contribution in [2.24, 2.45) is 0 Å². The topological polar surface area (TPSA) is 138 Å². The lowest BCUT2D eigenvalue weighted by atomic mass is 10.2. The molecule has 0 saturated heterocycles. The van der Waals surface area contributed by atoms with Crippen molar-refractivity contribution in [2.75, 3.05) is 45.8 Å². The number of aliphatic carboxylic acids is 2. The summed E-state index contributed by atoms with van der Waals surface area (Å²) in [5.74, 6) is -1.89. The number of carboxylic acids is 2. The second-order valence-corrected chi connectivity index (χ2v) is 6.61. The van der Waals surface area contributed by atoms with Gasteiger partial charge in [-0.25, -0.2) is 0 Å². The Bertz CT molecular complexity index is 596. The number of carboxylic acid groups (broad SMARTS) is 2. The van der Waals surface area contributed by atoms with Crippen molar-refractivity contribution in [3.63, 3.8) is 0 Å². The molecule has 2 heterocycles. The van der Waals surface area contributed by atoms with Crippen molar-refractivity contribution >= 4 is 11.9 Å². The molecule has 10 heteroatoms. The Balaban J connectivity index is 2.23. The summed E-state index contributed by atoms with van der Waals surface area (Å²) in [6, 6.07) is 5.44. The van der Waals surface area contributed by atoms with Crippen molar-refractivity contribution in [3.8, 4) is 0 Å². The highest BCUT2D eigenvalue weighted by Crippen LogP contribution is 2.09. The molecule has 0 unspecified atom stereocenters. The normalized spacial score (nSPS) is 18.0. The number of pyridine rings is 1. The molecule has 0 spiro atoms. The van der Waals surface area contributed by atoms with Crippen LogP contribution >= 0.6 is 0 Å². The number of hydrogen-bond acceptors (Lipinski definition) is 8. The van der Waals surface area contributed by atoms with Gasteiger partial charge in [-0.3, -0.25) is 29.3 Å². The van der Waals surface area contributed by atoms with Gasteiger partial charge in [0.05, 0.1) is 24.5 Å². The van der Waals surface area contributed by atoms with E-state index in [1.165, 1.54) is 0 Å². The zero-order valence-electron chi connectivity index (χ0n) is 15.1. The third kappa shape index (κ3) is 7.97. The number of nitrogens with zero attached hydrogens (tertiary/aromatic N) is 4. The predicted octanol–water partition coefficient (Wildman–Crippen LogP) is -1.52. The molecule has 1 aliphatic heterocycles. The van der Waals surface area contributed by atoms with Gasteiger partial charge in [-0.15, -0.1) is 0 Å². The summed E-state index contributed by atoms with van der Waals surface area (Å²) >= 11 is 0. The second-order valence-electron chi connectivity index (χ2n) is 6.61. The van der Waals surface area contributed by atoms with E-state index in [0.717, 1.165) is 0 Å². The van der Waals surface area contributed by atoms with Gasteiger partial charge in [-0.1, -0.05) is 6.07 Å². The Morgan fingerprint density at radius 2 is 1.33 bits per heavy atom. The third-order valence-electron chi connectivity index (χ3n) is 4.24. The minimum Gasteiger partial charge on any atom is -0.480 e. The van der Waals surface area contributed by atoms with Gasteiger partial charge in [0, 0.05) is 45.8 Å². The number of aliphatic hydroxyl groups excluding tert-OH is 1. The molecule has 0 radical (unpaired) electrons. The first-order chi connectivity index (χ1) is 12.8. The van der Waals surface area contributed by atoms with E-state index in [1.54, 1.807) is 26.8 Å². The average molecular weight is 382 g/mol. The van der Waals surface area contributed by atoms with Crippen LogP contribution in [0.1, 0.15) is 11.4 Å². The monoisotopic (exact) mass is 382 g/mol. The van der Waals surface area contributed by atoms with Crippen molar-refractivity contribution in [3.05, 3.63) is 29.6 Å². The molecule has 0 atom stereocenters. The highest BCUT2D eigenvalue weighted by molar-refractivity contribution is 5.69. The molecule has 1 aromatic rings. The van der Waals surface area contributed by atoms with Crippen LogP contribution in [0.15, 0.2) is 18.2 Å². The van der Waals surface area contributed by atoms with Gasteiger partial charge in [0.2, 0.25) is 0 Å². The van der Waals surface area contributed by atoms with Crippen LogP contribution in [0.3, 0.4) is 0 Å². The van der Waals surface area contributed by atoms with Crippen molar-refractivity contribution in [1.82, 2.24) is 19.7 Å². The molecule has 1 aromatic heterocycles. The number of fused-ring (bicyclic) bond motifs is 2. The quantitative estimate of drug-likeness (QED) is 0.429. The number of aromatic nitrogens is 1. The summed E-state index contributed by atoms with van der Waals surface area (Å²) in [5, 5.41) is 36.9. The molecule has 0 fully saturated rings. The van der Waals surface area contributed by atoms with E-state index in [-0.39, 0.29) is 19.6 Å². The van der Waals surface area contributed by atoms with Gasteiger partial charge in [-0.2, -0.15) is 0 Å². The van der Waals surface area contributed by atoms with Crippen LogP contribution in [0, 0.1) is 0 Å². The fourth-order valence-corrected chi connectivity index (χ4v) is 3.07. The summed E-state index contributed by atoms with van der Waals surface area (Å²) in [6.45, 7) is 2.05. The molecule has 0 saturated carbocycles. The van der Waals surface area contributed by atoms with Crippen LogP contribution in [0.4, 0.5) is 0 Å². The number of β-amino-alcohol motifs (C(OH)–C–C–N with tert-alkyl or cyclic N) is 2. The lowest BCUT2D eigenvalue weighted by Crippen LogP contribution is -2.44. The van der Waals surface area contributed by atoms with Gasteiger partial charge in [0.15, 0.2) is 6.29 Å². The summed E-state index contributed by atoms with van der Waals surface area (Å²) < 4.78 is 0. The molecule has 27 heavy (non-hydrogen) atoms. The molecule has 4 N–H and O–H groups in total. The van der Waals surface area contributed by atoms with Crippen LogP contribution in [-0.4, -0.2) is 104 Å². The second kappa shape index (κ2) is 10.3. The maximum absolute atomic E-state index is 11.2. The van der Waals surface area contributed by atoms with E-state index >= 15 is 0 Å². The van der Waals surface area contributed by atoms with Crippen LogP contribution in [-0.2, 0) is 22.7 Å². The molecule has 0 aliphatic carbocycles. The summed E-state index contributed by atoms with van der Waals surface area (Å²) in [7, 11) is 0. The highest BCUT2D eigenvalue weighted by atomic mass is 16.5. The predicted molar refractivity (Wildman–Crippen MR) is 94.7 cm³/mol. The summed E-state index contributed by atoms with van der Waals surface area (Å²) in [6.07, 6.45) is -1.52. The molecule has 1 aliphatic rings. The van der Waals surface area contributed by atoms with Crippen LogP contribution < -0.4 is 0 Å². The number of rotatable bonds is 6. The maximum atomic E-state index is 11.2. The smallest absolute Gasteiger partial charge is 0.317 e. The average Bonchev–Trinajstić information content (AvgIpc) is 2.55. The first kappa shape index (κ1) is 21.2. The van der Waals surface area contributed by atoms with Gasteiger partial charge < -0.3 is 20.4 Å². The molecule has 2 rings (SSSR count). The van der Waals surface area contributed by atoms with E-state index in [9.17, 15) is 19.8 Å². The Morgan fingerprint density at radius 3 is 1.74 bits per heavy atom. The summed E-state index contributed by atoms with van der Waals surface area (Å²) in [5.41, 5.74) is 1.41. The van der Waals surface area contributed by atoms with Crippen LogP contribution in [0.25, 0.3) is 0 Å². The Morgan fingerprint density at radius 1 is 0.889 bits per heavy atom. The molecule has 10 nitrogen and oxygen atoms in total. The van der Waals surface area contributed by atoms with Gasteiger partial charge >= 0.3 is 11.9 Å². The van der Waals surface area contributed by atoms with Crippen molar-refractivity contribution < 1.29 is 30.0 Å². The maximum Gasteiger partial charge on any atom is 0.317 e. The molecule has 150 valence electrons. The SMILES string of the molecule is O=C(O)CN1CCN(CC(O)O)CCN(CC(=O)O)Cc2cccc(n2)C1. The van der Waals surface area contributed by atoms with Crippen molar-refractivity contribution in [2.45, 2.75) is 19.4 Å². The number of hydrogen-bond donors (Lipinski definition) is 4. The van der Waals surface area contributed by atoms with Crippen molar-refractivity contribution in [1.29, 1.82) is 0 Å². The van der Waals surface area contributed by atoms with E-state index in [0.29, 0.717) is 50.7 Å². The third-order valence-corrected chi connectivity index (χ3v) is 4.24. The standard InChI is InChI=1S/C17H26N4O6/c22-15(23)10-19-4-6-20(11-16(24)25)8-13-2-1-3-14(18-13)9-21(7-5-19)12-17(26)27/h1-3,15,22-23H,4-12H2,(H,24,25)(H,26,27). The highest BCUT2D eigenvalue weighted by Gasteiger charge is 2.19. The number of carbonyl (C=O) groups is 2. The van der Waals surface area contributed by atoms with Crippen LogP contribution in [0.2, 0.25) is 0 Å². The van der Waals surface area contributed by atoms with E-state index in [2.05, 4.69) is 4.98 Å². The zero-order chi connectivity index (χ0) is 19.8. The van der Waals surface area contributed by atoms with Gasteiger partial charge in [0.25, 0.3) is 0 Å². The fourth-order valence-electron chi connectivity index (χ4n) is 3.07. The van der Waals surface area contributed by atoms with Gasteiger partial charge in [-0.05, 0) is 12.1 Å². The molecule has 0 amide bonds. The fraction of sp³-hybridized carbons (Fsp3) is 0.588. The zero-order valence-corrected chi connectivity index (χ0v) is 15.1. The first-order valence-electron chi connectivity index (χ1n) is 8.73. The Hall–Kier alpha value is -2.11.